The zero-order valence-corrected chi connectivity index (χ0v) is 11.3. The molecule has 0 saturated carbocycles. The lowest BCUT2D eigenvalue weighted by molar-refractivity contribution is -0.117. The number of carbonyl (C=O) groups is 1. The number of nitrogens with one attached hydrogen (secondary N) is 1. The molecule has 2 rings (SSSR count). The molecule has 2 heterocycles. The summed E-state index contributed by atoms with van der Waals surface area (Å²) in [7, 11) is 0. The number of amides is 1. The first-order valence-corrected chi connectivity index (χ1v) is 6.77. The van der Waals surface area contributed by atoms with Crippen molar-refractivity contribution in [2.75, 3.05) is 11.9 Å². The van der Waals surface area contributed by atoms with Gasteiger partial charge in [0.25, 0.3) is 0 Å². The number of anilines is 1. The average Bonchev–Trinajstić information content (AvgIpc) is 2.94. The van der Waals surface area contributed by atoms with Crippen LogP contribution >= 0.6 is 11.3 Å². The van der Waals surface area contributed by atoms with Gasteiger partial charge in [0.15, 0.2) is 0 Å². The number of hydrogen-bond acceptors (Lipinski definition) is 5. The van der Waals surface area contributed by atoms with Crippen molar-refractivity contribution >= 4 is 22.9 Å². The summed E-state index contributed by atoms with van der Waals surface area (Å²) in [6.07, 6.45) is 1.55. The summed E-state index contributed by atoms with van der Waals surface area (Å²) in [5.74, 6) is 0.275. The first kappa shape index (κ1) is 13.5. The second kappa shape index (κ2) is 6.31. The number of pyridine rings is 1. The number of ether oxygens (including phenoxy) is 1. The van der Waals surface area contributed by atoms with Crippen LogP contribution in [0.3, 0.4) is 0 Å². The van der Waals surface area contributed by atoms with Crippen molar-refractivity contribution in [2.45, 2.75) is 13.0 Å². The number of hydrogen-bond donors (Lipinski definition) is 2. The Bertz CT molecular complexity index is 525. The lowest BCUT2D eigenvalue weighted by Crippen LogP contribution is -2.27. The number of rotatable bonds is 5. The van der Waals surface area contributed by atoms with Gasteiger partial charge in [-0.25, -0.2) is 4.98 Å². The maximum Gasteiger partial charge on any atom is 0.246 e. The normalized spacial score (nSPS) is 11.9. The Morgan fingerprint density at radius 3 is 2.95 bits per heavy atom. The summed E-state index contributed by atoms with van der Waals surface area (Å²) in [5, 5.41) is 4.61. The average molecular weight is 277 g/mol. The van der Waals surface area contributed by atoms with Crippen LogP contribution in [-0.4, -0.2) is 17.5 Å². The van der Waals surface area contributed by atoms with E-state index < -0.39 is 6.04 Å². The molecule has 0 aromatic carbocycles. The number of thiophene rings is 1. The molecule has 3 N–H and O–H groups in total. The van der Waals surface area contributed by atoms with E-state index in [1.165, 1.54) is 11.3 Å². The van der Waals surface area contributed by atoms with Crippen LogP contribution in [0.15, 0.2) is 35.8 Å². The van der Waals surface area contributed by atoms with Crippen molar-refractivity contribution in [3.63, 3.8) is 0 Å². The number of aromatic nitrogens is 1. The van der Waals surface area contributed by atoms with Crippen LogP contribution in [-0.2, 0) is 4.79 Å². The molecule has 1 unspecified atom stereocenters. The molecule has 2 aromatic rings. The molecular formula is C13H15N3O2S. The van der Waals surface area contributed by atoms with Crippen molar-refractivity contribution in [3.8, 4) is 5.88 Å². The molecule has 0 spiro atoms. The Hall–Kier alpha value is -1.92. The van der Waals surface area contributed by atoms with Gasteiger partial charge in [-0.2, -0.15) is 0 Å². The van der Waals surface area contributed by atoms with Crippen LogP contribution in [0.1, 0.15) is 17.8 Å². The fourth-order valence-corrected chi connectivity index (χ4v) is 2.23. The smallest absolute Gasteiger partial charge is 0.246 e. The van der Waals surface area contributed by atoms with Crippen molar-refractivity contribution in [1.82, 2.24) is 4.98 Å². The van der Waals surface area contributed by atoms with Gasteiger partial charge < -0.3 is 15.8 Å². The largest absolute Gasteiger partial charge is 0.478 e. The van der Waals surface area contributed by atoms with Crippen LogP contribution in [0.2, 0.25) is 0 Å². The zero-order chi connectivity index (χ0) is 13.7. The van der Waals surface area contributed by atoms with E-state index in [1.54, 1.807) is 18.3 Å². The maximum atomic E-state index is 11.9. The summed E-state index contributed by atoms with van der Waals surface area (Å²) >= 11 is 1.46. The first-order chi connectivity index (χ1) is 9.20. The molecule has 6 heteroatoms. The minimum Gasteiger partial charge on any atom is -0.478 e. The molecule has 0 saturated heterocycles. The minimum atomic E-state index is -0.661. The van der Waals surface area contributed by atoms with E-state index >= 15 is 0 Å². The maximum absolute atomic E-state index is 11.9. The molecule has 0 fully saturated rings. The fraction of sp³-hybridized carbons (Fsp3) is 0.231. The summed E-state index contributed by atoms with van der Waals surface area (Å²) in [5.41, 5.74) is 6.46. The molecule has 0 aliphatic carbocycles. The third kappa shape index (κ3) is 3.52. The second-order valence-corrected chi connectivity index (χ2v) is 4.78. The molecule has 100 valence electrons. The van der Waals surface area contributed by atoms with Crippen molar-refractivity contribution in [1.29, 1.82) is 0 Å². The topological polar surface area (TPSA) is 77.2 Å². The zero-order valence-electron chi connectivity index (χ0n) is 10.5. The van der Waals surface area contributed by atoms with Crippen molar-refractivity contribution < 1.29 is 9.53 Å². The predicted octanol–water partition coefficient (Wildman–Crippen LogP) is 2.18. The van der Waals surface area contributed by atoms with E-state index in [1.807, 2.05) is 24.4 Å². The molecule has 0 aliphatic heterocycles. The van der Waals surface area contributed by atoms with E-state index in [0.29, 0.717) is 18.2 Å². The van der Waals surface area contributed by atoms with Gasteiger partial charge in [0.2, 0.25) is 11.8 Å². The quantitative estimate of drug-likeness (QED) is 0.878. The highest BCUT2D eigenvalue weighted by Crippen LogP contribution is 2.19. The molecule has 5 nitrogen and oxygen atoms in total. The van der Waals surface area contributed by atoms with Gasteiger partial charge in [-0.05, 0) is 24.4 Å². The van der Waals surface area contributed by atoms with Crippen LogP contribution in [0.5, 0.6) is 5.88 Å². The predicted molar refractivity (Wildman–Crippen MR) is 75.3 cm³/mol. The molecular weight excluding hydrogens is 262 g/mol. The lowest BCUT2D eigenvalue weighted by Gasteiger charge is -2.10. The van der Waals surface area contributed by atoms with Gasteiger partial charge in [-0.15, -0.1) is 11.3 Å². The van der Waals surface area contributed by atoms with Crippen LogP contribution in [0.25, 0.3) is 0 Å². The Kier molecular flexibility index (Phi) is 4.48. The monoisotopic (exact) mass is 277 g/mol. The summed E-state index contributed by atoms with van der Waals surface area (Å²) < 4.78 is 5.23. The molecule has 0 aliphatic rings. The van der Waals surface area contributed by atoms with Gasteiger partial charge in [-0.1, -0.05) is 6.07 Å². The van der Waals surface area contributed by atoms with Gasteiger partial charge in [0, 0.05) is 10.9 Å². The Morgan fingerprint density at radius 1 is 1.53 bits per heavy atom. The Morgan fingerprint density at radius 2 is 2.37 bits per heavy atom. The van der Waals surface area contributed by atoms with E-state index in [0.717, 1.165) is 4.88 Å². The third-order valence-electron chi connectivity index (χ3n) is 2.43. The molecule has 19 heavy (non-hydrogen) atoms. The van der Waals surface area contributed by atoms with Gasteiger partial charge >= 0.3 is 0 Å². The number of carbonyl (C=O) groups excluding carboxylic acids is 1. The van der Waals surface area contributed by atoms with Gasteiger partial charge in [-0.3, -0.25) is 4.79 Å². The van der Waals surface area contributed by atoms with Gasteiger partial charge in [0.1, 0.15) is 6.04 Å². The Labute approximate surface area is 115 Å². The van der Waals surface area contributed by atoms with Crippen LogP contribution < -0.4 is 15.8 Å². The molecule has 1 amide bonds. The van der Waals surface area contributed by atoms with Crippen LogP contribution in [0.4, 0.5) is 5.69 Å². The van der Waals surface area contributed by atoms with E-state index in [2.05, 4.69) is 10.3 Å². The lowest BCUT2D eigenvalue weighted by atomic mass is 10.2. The standard InChI is InChI=1S/C13H15N3O2S/c1-2-18-11-6-5-9(8-15-11)16-13(17)12(14)10-4-3-7-19-10/h3-8,12H,2,14H2,1H3,(H,16,17). The molecule has 2 aromatic heterocycles. The number of nitrogens with zero attached hydrogens (tertiary/aromatic N) is 1. The van der Waals surface area contributed by atoms with Gasteiger partial charge in [0.05, 0.1) is 18.5 Å². The summed E-state index contributed by atoms with van der Waals surface area (Å²) in [4.78, 5) is 16.8. The summed E-state index contributed by atoms with van der Waals surface area (Å²) in [6.45, 7) is 2.44. The molecule has 0 bridgehead atoms. The van der Waals surface area contributed by atoms with E-state index in [4.69, 9.17) is 10.5 Å². The number of nitrogens with two attached hydrogens (primary N) is 1. The SMILES string of the molecule is CCOc1ccc(NC(=O)C(N)c2cccs2)cn1. The molecule has 0 radical (unpaired) electrons. The van der Waals surface area contributed by atoms with Crippen molar-refractivity contribution in [3.05, 3.63) is 40.7 Å². The fourth-order valence-electron chi connectivity index (χ4n) is 1.50. The van der Waals surface area contributed by atoms with Crippen molar-refractivity contribution in [2.24, 2.45) is 5.73 Å². The molecule has 1 atom stereocenters. The highest BCUT2D eigenvalue weighted by molar-refractivity contribution is 7.10. The van der Waals surface area contributed by atoms with E-state index in [9.17, 15) is 4.79 Å². The Balaban J connectivity index is 1.98. The first-order valence-electron chi connectivity index (χ1n) is 5.89. The van der Waals surface area contributed by atoms with E-state index in [-0.39, 0.29) is 5.91 Å². The highest BCUT2D eigenvalue weighted by atomic mass is 32.1. The minimum absolute atomic E-state index is 0.256. The highest BCUT2D eigenvalue weighted by Gasteiger charge is 2.16. The third-order valence-corrected chi connectivity index (χ3v) is 3.38. The van der Waals surface area contributed by atoms with Crippen LogP contribution in [0, 0.1) is 0 Å². The summed E-state index contributed by atoms with van der Waals surface area (Å²) in [6, 6.07) is 6.48. The second-order valence-electron chi connectivity index (χ2n) is 3.80.